The standard InChI is InChI=1S/C13H15N3O4S/c1-14-21(19,20)10-6-9-11(15-13(17)12(9)16-18)8-5-3-2-4-7(8)10/h6,12,14H,2-5H2,1H3,(H,15,17). The van der Waals surface area contributed by atoms with Crippen molar-refractivity contribution in [2.24, 2.45) is 5.18 Å². The van der Waals surface area contributed by atoms with Crippen molar-refractivity contribution in [2.75, 3.05) is 12.4 Å². The molecule has 3 rings (SSSR count). The smallest absolute Gasteiger partial charge is 0.257 e. The number of nitroso groups, excluding NO2 is 1. The summed E-state index contributed by atoms with van der Waals surface area (Å²) in [5, 5.41) is 5.51. The van der Waals surface area contributed by atoms with Gasteiger partial charge in [0.1, 0.15) is 0 Å². The zero-order valence-electron chi connectivity index (χ0n) is 11.5. The first-order valence-corrected chi connectivity index (χ1v) is 8.23. The number of rotatable bonds is 3. The van der Waals surface area contributed by atoms with Crippen LogP contribution in [0.4, 0.5) is 5.69 Å². The molecule has 1 atom stereocenters. The number of sulfonamides is 1. The second-order valence-electron chi connectivity index (χ2n) is 5.21. The summed E-state index contributed by atoms with van der Waals surface area (Å²) in [6.45, 7) is 0. The number of carbonyl (C=O) groups is 1. The molecule has 7 nitrogen and oxygen atoms in total. The fourth-order valence-electron chi connectivity index (χ4n) is 3.08. The lowest BCUT2D eigenvalue weighted by Gasteiger charge is -2.22. The van der Waals surface area contributed by atoms with Gasteiger partial charge in [-0.25, -0.2) is 13.1 Å². The van der Waals surface area contributed by atoms with Gasteiger partial charge in [0, 0.05) is 5.56 Å². The van der Waals surface area contributed by atoms with E-state index >= 15 is 0 Å². The molecule has 2 aliphatic rings. The van der Waals surface area contributed by atoms with Crippen molar-refractivity contribution in [3.8, 4) is 0 Å². The van der Waals surface area contributed by atoms with Crippen molar-refractivity contribution in [3.63, 3.8) is 0 Å². The van der Waals surface area contributed by atoms with Crippen LogP contribution in [0.2, 0.25) is 0 Å². The molecular formula is C13H15N3O4S. The molecule has 1 aliphatic heterocycles. The van der Waals surface area contributed by atoms with Gasteiger partial charge in [-0.3, -0.25) is 4.79 Å². The van der Waals surface area contributed by atoms with Gasteiger partial charge in [-0.1, -0.05) is 5.18 Å². The van der Waals surface area contributed by atoms with E-state index in [1.54, 1.807) is 0 Å². The monoisotopic (exact) mass is 309 g/mol. The molecule has 8 heteroatoms. The van der Waals surface area contributed by atoms with E-state index in [0.717, 1.165) is 24.0 Å². The van der Waals surface area contributed by atoms with Crippen LogP contribution in [0.25, 0.3) is 0 Å². The van der Waals surface area contributed by atoms with E-state index in [1.165, 1.54) is 13.1 Å². The van der Waals surface area contributed by atoms with Gasteiger partial charge >= 0.3 is 0 Å². The Bertz CT molecular complexity index is 742. The summed E-state index contributed by atoms with van der Waals surface area (Å²) < 4.78 is 26.7. The van der Waals surface area contributed by atoms with E-state index in [9.17, 15) is 18.1 Å². The third kappa shape index (κ3) is 2.06. The minimum atomic E-state index is -3.64. The van der Waals surface area contributed by atoms with Gasteiger partial charge in [0.05, 0.1) is 10.6 Å². The molecule has 112 valence electrons. The number of benzene rings is 1. The van der Waals surface area contributed by atoms with Gasteiger partial charge in [-0.05, 0) is 49.9 Å². The first-order valence-electron chi connectivity index (χ1n) is 6.75. The second-order valence-corrected chi connectivity index (χ2v) is 7.06. The van der Waals surface area contributed by atoms with Crippen LogP contribution >= 0.6 is 0 Å². The predicted molar refractivity (Wildman–Crippen MR) is 76.5 cm³/mol. The van der Waals surface area contributed by atoms with E-state index < -0.39 is 22.0 Å². The Labute approximate surface area is 122 Å². The summed E-state index contributed by atoms with van der Waals surface area (Å²) in [4.78, 5) is 22.9. The molecule has 1 aromatic carbocycles. The summed E-state index contributed by atoms with van der Waals surface area (Å²) in [7, 11) is -2.30. The summed E-state index contributed by atoms with van der Waals surface area (Å²) in [5.41, 5.74) is 2.51. The van der Waals surface area contributed by atoms with Crippen molar-refractivity contribution >= 4 is 21.6 Å². The number of fused-ring (bicyclic) bond motifs is 3. The van der Waals surface area contributed by atoms with Crippen LogP contribution in [0.15, 0.2) is 16.1 Å². The molecule has 1 unspecified atom stereocenters. The first-order chi connectivity index (χ1) is 9.99. The molecule has 1 aromatic rings. The third-order valence-corrected chi connectivity index (χ3v) is 5.58. The lowest BCUT2D eigenvalue weighted by molar-refractivity contribution is -0.116. The predicted octanol–water partition coefficient (Wildman–Crippen LogP) is 1.23. The van der Waals surface area contributed by atoms with Crippen molar-refractivity contribution in [1.82, 2.24) is 4.72 Å². The Balaban J connectivity index is 2.32. The van der Waals surface area contributed by atoms with Gasteiger partial charge < -0.3 is 5.32 Å². The third-order valence-electron chi connectivity index (χ3n) is 4.10. The fourth-order valence-corrected chi connectivity index (χ4v) is 4.13. The van der Waals surface area contributed by atoms with Crippen molar-refractivity contribution in [2.45, 2.75) is 36.6 Å². The van der Waals surface area contributed by atoms with Crippen LogP contribution in [0, 0.1) is 4.91 Å². The Morgan fingerprint density at radius 2 is 1.95 bits per heavy atom. The maximum atomic E-state index is 12.2. The highest BCUT2D eigenvalue weighted by Crippen LogP contribution is 2.42. The first kappa shape index (κ1) is 14.2. The number of amides is 1. The second kappa shape index (κ2) is 4.88. The molecule has 2 N–H and O–H groups in total. The number of carbonyl (C=O) groups excluding carboxylic acids is 1. The van der Waals surface area contributed by atoms with Crippen LogP contribution < -0.4 is 10.0 Å². The topological polar surface area (TPSA) is 105 Å². The molecule has 0 aromatic heterocycles. The number of hydrogen-bond donors (Lipinski definition) is 2. The minimum absolute atomic E-state index is 0.156. The fraction of sp³-hybridized carbons (Fsp3) is 0.462. The molecule has 0 fully saturated rings. The SMILES string of the molecule is CNS(=O)(=O)c1cc2c(c3c1CCCC3)NC(=O)C2N=O. The highest BCUT2D eigenvalue weighted by atomic mass is 32.2. The Morgan fingerprint density at radius 3 is 2.57 bits per heavy atom. The van der Waals surface area contributed by atoms with Crippen LogP contribution in [-0.2, 0) is 27.7 Å². The average molecular weight is 309 g/mol. The van der Waals surface area contributed by atoms with Gasteiger partial charge in [-0.2, -0.15) is 0 Å². The van der Waals surface area contributed by atoms with E-state index in [1.807, 2.05) is 0 Å². The molecule has 1 heterocycles. The van der Waals surface area contributed by atoms with E-state index in [4.69, 9.17) is 0 Å². The summed E-state index contributed by atoms with van der Waals surface area (Å²) in [6.07, 6.45) is 3.17. The minimum Gasteiger partial charge on any atom is -0.323 e. The zero-order chi connectivity index (χ0) is 15.2. The van der Waals surface area contributed by atoms with E-state index in [-0.39, 0.29) is 4.90 Å². The summed E-state index contributed by atoms with van der Waals surface area (Å²) >= 11 is 0. The van der Waals surface area contributed by atoms with Crippen molar-refractivity contribution in [1.29, 1.82) is 0 Å². The lowest BCUT2D eigenvalue weighted by atomic mass is 9.88. The Kier molecular flexibility index (Phi) is 3.29. The van der Waals surface area contributed by atoms with Crippen molar-refractivity contribution < 1.29 is 13.2 Å². The normalized spacial score (nSPS) is 20.6. The largest absolute Gasteiger partial charge is 0.323 e. The molecular weight excluding hydrogens is 294 g/mol. The Morgan fingerprint density at radius 1 is 1.29 bits per heavy atom. The summed E-state index contributed by atoms with van der Waals surface area (Å²) in [6, 6.07) is 0.244. The maximum Gasteiger partial charge on any atom is 0.257 e. The number of anilines is 1. The van der Waals surface area contributed by atoms with Gasteiger partial charge in [0.15, 0.2) is 6.04 Å². The average Bonchev–Trinajstić information content (AvgIpc) is 2.81. The van der Waals surface area contributed by atoms with Crippen LogP contribution in [-0.4, -0.2) is 21.4 Å². The highest BCUT2D eigenvalue weighted by Gasteiger charge is 2.37. The number of hydrogen-bond acceptors (Lipinski definition) is 5. The number of nitrogens with one attached hydrogen (secondary N) is 2. The molecule has 21 heavy (non-hydrogen) atoms. The van der Waals surface area contributed by atoms with Crippen LogP contribution in [0.5, 0.6) is 0 Å². The molecule has 0 bridgehead atoms. The molecule has 0 spiro atoms. The molecule has 1 amide bonds. The Hall–Kier alpha value is -1.80. The lowest BCUT2D eigenvalue weighted by Crippen LogP contribution is -2.22. The molecule has 0 saturated carbocycles. The van der Waals surface area contributed by atoms with Crippen molar-refractivity contribution in [3.05, 3.63) is 27.7 Å². The van der Waals surface area contributed by atoms with Gasteiger partial charge in [-0.15, -0.1) is 4.91 Å². The highest BCUT2D eigenvalue weighted by molar-refractivity contribution is 7.89. The van der Waals surface area contributed by atoms with E-state index in [0.29, 0.717) is 24.1 Å². The van der Waals surface area contributed by atoms with E-state index in [2.05, 4.69) is 15.2 Å². The molecule has 0 radical (unpaired) electrons. The van der Waals surface area contributed by atoms with Crippen LogP contribution in [0.1, 0.15) is 35.6 Å². The van der Waals surface area contributed by atoms with Gasteiger partial charge in [0.25, 0.3) is 5.91 Å². The number of nitrogens with zero attached hydrogens (tertiary/aromatic N) is 1. The quantitative estimate of drug-likeness (QED) is 0.819. The zero-order valence-corrected chi connectivity index (χ0v) is 12.3. The molecule has 0 saturated heterocycles. The summed E-state index contributed by atoms with van der Waals surface area (Å²) in [5.74, 6) is -0.494. The van der Waals surface area contributed by atoms with Crippen LogP contribution in [0.3, 0.4) is 0 Å². The van der Waals surface area contributed by atoms with Gasteiger partial charge in [0.2, 0.25) is 10.0 Å². The maximum absolute atomic E-state index is 12.2. The molecule has 1 aliphatic carbocycles.